The molecule has 0 radical (unpaired) electrons. The minimum absolute atomic E-state index is 0.0265. The lowest BCUT2D eigenvalue weighted by molar-refractivity contribution is -0.127. The fourth-order valence-corrected chi connectivity index (χ4v) is 1.92. The highest BCUT2D eigenvalue weighted by Crippen LogP contribution is 2.09. The number of para-hydroxylation sites is 2. The number of carbonyl (C=O) groups excluding carboxylic acids is 2. The molecule has 0 fully saturated rings. The van der Waals surface area contributed by atoms with Crippen LogP contribution < -0.4 is 16.4 Å². The molecule has 2 aromatic rings. The first-order valence-electron chi connectivity index (χ1n) is 7.21. The third-order valence-electron chi connectivity index (χ3n) is 3.34. The number of aromatic nitrogens is 2. The Morgan fingerprint density at radius 3 is 2.68 bits per heavy atom. The van der Waals surface area contributed by atoms with Gasteiger partial charge in [0.05, 0.1) is 30.2 Å². The third kappa shape index (κ3) is 4.05. The predicted octanol–water partition coefficient (Wildman–Crippen LogP) is 0.279. The second kappa shape index (κ2) is 7.04. The smallest absolute Gasteiger partial charge is 0.239 e. The van der Waals surface area contributed by atoms with Gasteiger partial charge in [0.2, 0.25) is 11.8 Å². The number of imidazole rings is 1. The van der Waals surface area contributed by atoms with E-state index in [0.717, 1.165) is 11.0 Å². The summed E-state index contributed by atoms with van der Waals surface area (Å²) in [5, 5.41) is 5.22. The Bertz CT molecular complexity index is 632. The lowest BCUT2D eigenvalue weighted by Crippen LogP contribution is -2.47. The molecule has 1 aromatic carbocycles. The zero-order valence-corrected chi connectivity index (χ0v) is 12.7. The maximum absolute atomic E-state index is 11.7. The Kier molecular flexibility index (Phi) is 5.11. The first-order chi connectivity index (χ1) is 10.5. The maximum Gasteiger partial charge on any atom is 0.239 e. The van der Waals surface area contributed by atoms with Crippen molar-refractivity contribution in [1.82, 2.24) is 20.6 Å². The predicted molar refractivity (Wildman–Crippen MR) is 83.8 cm³/mol. The average Bonchev–Trinajstić information content (AvgIpc) is 2.92. The van der Waals surface area contributed by atoms with Crippen LogP contribution in [0.1, 0.15) is 19.7 Å². The second-order valence-corrected chi connectivity index (χ2v) is 5.46. The van der Waals surface area contributed by atoms with Crippen molar-refractivity contribution >= 4 is 22.8 Å². The summed E-state index contributed by atoms with van der Waals surface area (Å²) in [4.78, 5) is 30.8. The van der Waals surface area contributed by atoms with Crippen LogP contribution in [0, 0.1) is 5.92 Å². The van der Waals surface area contributed by atoms with Crippen molar-refractivity contribution in [3.8, 4) is 0 Å². The van der Waals surface area contributed by atoms with Crippen molar-refractivity contribution in [2.75, 3.05) is 6.54 Å². The van der Waals surface area contributed by atoms with Crippen LogP contribution in [0.2, 0.25) is 0 Å². The maximum atomic E-state index is 11.7. The van der Waals surface area contributed by atoms with Gasteiger partial charge in [0.25, 0.3) is 0 Å². The van der Waals surface area contributed by atoms with Crippen LogP contribution in [0.3, 0.4) is 0 Å². The normalized spacial score (nSPS) is 12.4. The quantitative estimate of drug-likeness (QED) is 0.614. The number of nitrogens with two attached hydrogens (primary N) is 1. The lowest BCUT2D eigenvalue weighted by atomic mass is 10.1. The van der Waals surface area contributed by atoms with Gasteiger partial charge in [-0.25, -0.2) is 4.98 Å². The first-order valence-corrected chi connectivity index (χ1v) is 7.21. The van der Waals surface area contributed by atoms with Crippen molar-refractivity contribution in [1.29, 1.82) is 0 Å². The van der Waals surface area contributed by atoms with Gasteiger partial charge in [0.1, 0.15) is 5.82 Å². The number of fused-ring (bicyclic) bond motifs is 1. The fraction of sp³-hybridized carbons (Fsp3) is 0.400. The van der Waals surface area contributed by atoms with Crippen LogP contribution in [-0.2, 0) is 16.1 Å². The molecule has 0 spiro atoms. The number of nitrogens with zero attached hydrogens (tertiary/aromatic N) is 1. The number of hydrogen-bond acceptors (Lipinski definition) is 4. The van der Waals surface area contributed by atoms with E-state index in [0.29, 0.717) is 5.82 Å². The van der Waals surface area contributed by atoms with Crippen molar-refractivity contribution in [2.45, 2.75) is 26.4 Å². The van der Waals surface area contributed by atoms with Crippen molar-refractivity contribution < 1.29 is 9.59 Å². The molecule has 0 saturated heterocycles. The molecular weight excluding hydrogens is 282 g/mol. The Balaban J connectivity index is 1.79. The largest absolute Gasteiger partial charge is 0.347 e. The van der Waals surface area contributed by atoms with Crippen molar-refractivity contribution in [3.63, 3.8) is 0 Å². The van der Waals surface area contributed by atoms with Gasteiger partial charge in [-0.1, -0.05) is 26.0 Å². The number of hydrogen-bond donors (Lipinski definition) is 4. The van der Waals surface area contributed by atoms with E-state index in [-0.39, 0.29) is 30.8 Å². The van der Waals surface area contributed by atoms with Crippen LogP contribution in [0.25, 0.3) is 11.0 Å². The van der Waals surface area contributed by atoms with E-state index < -0.39 is 6.04 Å². The monoisotopic (exact) mass is 303 g/mol. The average molecular weight is 303 g/mol. The van der Waals surface area contributed by atoms with E-state index in [2.05, 4.69) is 20.6 Å². The summed E-state index contributed by atoms with van der Waals surface area (Å²) in [6.07, 6.45) is 0. The van der Waals surface area contributed by atoms with E-state index in [4.69, 9.17) is 5.73 Å². The third-order valence-corrected chi connectivity index (χ3v) is 3.34. The number of benzene rings is 1. The minimum Gasteiger partial charge on any atom is -0.347 e. The molecule has 0 unspecified atom stereocenters. The molecule has 7 heteroatoms. The van der Waals surface area contributed by atoms with Gasteiger partial charge < -0.3 is 21.4 Å². The summed E-state index contributed by atoms with van der Waals surface area (Å²) < 4.78 is 0. The van der Waals surface area contributed by atoms with Gasteiger partial charge in [-0.15, -0.1) is 0 Å². The van der Waals surface area contributed by atoms with E-state index >= 15 is 0 Å². The number of carbonyl (C=O) groups is 2. The fourth-order valence-electron chi connectivity index (χ4n) is 1.92. The zero-order valence-electron chi connectivity index (χ0n) is 12.7. The van der Waals surface area contributed by atoms with E-state index in [1.165, 1.54) is 0 Å². The number of rotatable bonds is 6. The SMILES string of the molecule is CC(C)[C@H](N)C(=O)NCC(=O)NCc1nc2ccccc2[nH]1. The summed E-state index contributed by atoms with van der Waals surface area (Å²) in [6.45, 7) is 3.89. The van der Waals surface area contributed by atoms with Crippen LogP contribution in [-0.4, -0.2) is 34.4 Å². The molecule has 0 bridgehead atoms. The van der Waals surface area contributed by atoms with E-state index in [9.17, 15) is 9.59 Å². The van der Waals surface area contributed by atoms with Crippen LogP contribution in [0.5, 0.6) is 0 Å². The van der Waals surface area contributed by atoms with Gasteiger partial charge >= 0.3 is 0 Å². The first kappa shape index (κ1) is 16.0. The van der Waals surface area contributed by atoms with Crippen LogP contribution in [0.15, 0.2) is 24.3 Å². The molecule has 1 aromatic heterocycles. The van der Waals surface area contributed by atoms with Crippen molar-refractivity contribution in [3.05, 3.63) is 30.1 Å². The zero-order chi connectivity index (χ0) is 16.1. The number of aromatic amines is 1. The topological polar surface area (TPSA) is 113 Å². The highest BCUT2D eigenvalue weighted by Gasteiger charge is 2.17. The van der Waals surface area contributed by atoms with Crippen molar-refractivity contribution in [2.24, 2.45) is 11.7 Å². The van der Waals surface area contributed by atoms with E-state index in [1.54, 1.807) is 0 Å². The summed E-state index contributed by atoms with van der Waals surface area (Å²) in [6, 6.07) is 7.02. The standard InChI is InChI=1S/C15H21N5O2/c1-9(2)14(16)15(22)18-8-13(21)17-7-12-19-10-5-3-4-6-11(10)20-12/h3-6,9,14H,7-8,16H2,1-2H3,(H,17,21)(H,18,22)(H,19,20)/t14-/m0/s1. The Morgan fingerprint density at radius 2 is 2.00 bits per heavy atom. The molecule has 1 atom stereocenters. The molecule has 0 aliphatic heterocycles. The molecule has 0 aliphatic rings. The minimum atomic E-state index is -0.608. The lowest BCUT2D eigenvalue weighted by Gasteiger charge is -2.14. The molecule has 7 nitrogen and oxygen atoms in total. The summed E-state index contributed by atoms with van der Waals surface area (Å²) in [5.74, 6) is 0.0806. The molecule has 1 heterocycles. The molecular formula is C15H21N5O2. The molecule has 2 amide bonds. The summed E-state index contributed by atoms with van der Waals surface area (Å²) in [5.41, 5.74) is 7.46. The van der Waals surface area contributed by atoms with Gasteiger partial charge in [-0.2, -0.15) is 0 Å². The molecule has 5 N–H and O–H groups in total. The highest BCUT2D eigenvalue weighted by atomic mass is 16.2. The number of nitrogens with one attached hydrogen (secondary N) is 3. The highest BCUT2D eigenvalue weighted by molar-refractivity contribution is 5.87. The molecule has 22 heavy (non-hydrogen) atoms. The molecule has 0 aliphatic carbocycles. The molecule has 2 rings (SSSR count). The second-order valence-electron chi connectivity index (χ2n) is 5.46. The molecule has 0 saturated carbocycles. The van der Waals surface area contributed by atoms with E-state index in [1.807, 2.05) is 38.1 Å². The Morgan fingerprint density at radius 1 is 1.27 bits per heavy atom. The number of amides is 2. The van der Waals surface area contributed by atoms with Gasteiger partial charge in [-0.3, -0.25) is 9.59 Å². The Hall–Kier alpha value is -2.41. The van der Waals surface area contributed by atoms with Crippen LogP contribution in [0.4, 0.5) is 0 Å². The van der Waals surface area contributed by atoms with Gasteiger partial charge in [0, 0.05) is 0 Å². The molecule has 118 valence electrons. The summed E-state index contributed by atoms with van der Waals surface area (Å²) >= 11 is 0. The number of H-pyrrole nitrogens is 1. The Labute approximate surface area is 128 Å². The van der Waals surface area contributed by atoms with Crippen LogP contribution >= 0.6 is 0 Å². The van der Waals surface area contributed by atoms with Gasteiger partial charge in [-0.05, 0) is 18.1 Å². The van der Waals surface area contributed by atoms with Gasteiger partial charge in [0.15, 0.2) is 0 Å². The summed E-state index contributed by atoms with van der Waals surface area (Å²) in [7, 11) is 0.